The summed E-state index contributed by atoms with van der Waals surface area (Å²) >= 11 is 0. The monoisotopic (exact) mass is 292 g/mol. The van der Waals surface area contributed by atoms with Gasteiger partial charge in [-0.25, -0.2) is 0 Å². The Balaban J connectivity index is 1.79. The van der Waals surface area contributed by atoms with Gasteiger partial charge in [0.25, 0.3) is 0 Å². The topological polar surface area (TPSA) is 61.8 Å². The van der Waals surface area contributed by atoms with Gasteiger partial charge in [0.05, 0.1) is 13.7 Å². The number of esters is 1. The van der Waals surface area contributed by atoms with Gasteiger partial charge in [-0.1, -0.05) is 12.1 Å². The van der Waals surface area contributed by atoms with Crippen LogP contribution in [0.15, 0.2) is 24.3 Å². The Morgan fingerprint density at radius 3 is 2.81 bits per heavy atom. The molecule has 1 atom stereocenters. The van der Waals surface area contributed by atoms with Crippen molar-refractivity contribution in [3.8, 4) is 5.75 Å². The van der Waals surface area contributed by atoms with Gasteiger partial charge in [0.15, 0.2) is 0 Å². The number of hydrogen-bond donors (Lipinski definition) is 2. The number of nitrogens with one attached hydrogen (secondary N) is 1. The first-order valence-electron chi connectivity index (χ1n) is 7.42. The molecule has 1 heterocycles. The fourth-order valence-electron chi connectivity index (χ4n) is 2.75. The number of phenolic OH excluding ortho intramolecular Hbond substituents is 1. The van der Waals surface area contributed by atoms with Gasteiger partial charge < -0.3 is 15.2 Å². The summed E-state index contributed by atoms with van der Waals surface area (Å²) in [6, 6.07) is 8.00. The molecule has 21 heavy (non-hydrogen) atoms. The lowest BCUT2D eigenvalue weighted by Crippen LogP contribution is -2.44. The number of phenols is 1. The predicted octanol–water partition coefficient (Wildman–Crippen LogP) is 1.68. The highest BCUT2D eigenvalue weighted by Gasteiger charge is 2.22. The number of hydrogen-bond acceptors (Lipinski definition) is 5. The van der Waals surface area contributed by atoms with E-state index in [1.54, 1.807) is 12.1 Å². The van der Waals surface area contributed by atoms with Crippen molar-refractivity contribution in [2.24, 2.45) is 0 Å². The first-order chi connectivity index (χ1) is 10.1. The molecular weight excluding hydrogens is 268 g/mol. The minimum atomic E-state index is -0.172. The Hall–Kier alpha value is -1.59. The minimum absolute atomic E-state index is 0.172. The molecule has 1 aliphatic heterocycles. The number of likely N-dealkylation sites (tertiary alicyclic amines) is 1. The first kappa shape index (κ1) is 15.8. The molecule has 1 aromatic rings. The molecule has 0 saturated carbocycles. The summed E-state index contributed by atoms with van der Waals surface area (Å²) in [6.07, 6.45) is 2.03. The van der Waals surface area contributed by atoms with Crippen molar-refractivity contribution in [2.45, 2.75) is 31.8 Å². The summed E-state index contributed by atoms with van der Waals surface area (Å²) in [5, 5.41) is 13.1. The van der Waals surface area contributed by atoms with Crippen LogP contribution < -0.4 is 5.32 Å². The average Bonchev–Trinajstić information content (AvgIpc) is 2.49. The molecule has 1 saturated heterocycles. The van der Waals surface area contributed by atoms with Gasteiger partial charge in [0.1, 0.15) is 5.75 Å². The van der Waals surface area contributed by atoms with E-state index in [4.69, 9.17) is 4.74 Å². The van der Waals surface area contributed by atoms with Crippen LogP contribution in [0.4, 0.5) is 0 Å². The van der Waals surface area contributed by atoms with Crippen molar-refractivity contribution in [3.05, 3.63) is 29.8 Å². The Morgan fingerprint density at radius 1 is 1.48 bits per heavy atom. The van der Waals surface area contributed by atoms with E-state index in [1.165, 1.54) is 7.11 Å². The number of carbonyl (C=O) groups excluding carboxylic acids is 1. The van der Waals surface area contributed by atoms with E-state index >= 15 is 0 Å². The van der Waals surface area contributed by atoms with Crippen LogP contribution in [0.5, 0.6) is 5.75 Å². The standard InChI is InChI=1S/C16H24N2O3/c1-12(13-4-3-5-15(19)10-13)17-14-6-8-18(9-7-14)11-16(20)21-2/h3-5,10,12,14,17,19H,6-9,11H2,1-2H3. The summed E-state index contributed by atoms with van der Waals surface area (Å²) in [5.41, 5.74) is 1.09. The molecule has 2 rings (SSSR count). The molecule has 0 aliphatic carbocycles. The predicted molar refractivity (Wildman–Crippen MR) is 81.1 cm³/mol. The summed E-state index contributed by atoms with van der Waals surface area (Å²) in [7, 11) is 1.42. The largest absolute Gasteiger partial charge is 0.508 e. The van der Waals surface area contributed by atoms with Gasteiger partial charge in [-0.15, -0.1) is 0 Å². The fraction of sp³-hybridized carbons (Fsp3) is 0.562. The molecule has 0 bridgehead atoms. The maximum Gasteiger partial charge on any atom is 0.319 e. The fourth-order valence-corrected chi connectivity index (χ4v) is 2.75. The Morgan fingerprint density at radius 2 is 2.19 bits per heavy atom. The highest BCUT2D eigenvalue weighted by Crippen LogP contribution is 2.20. The second-order valence-electron chi connectivity index (χ2n) is 5.61. The zero-order valence-corrected chi connectivity index (χ0v) is 12.7. The van der Waals surface area contributed by atoms with E-state index in [0.29, 0.717) is 18.3 Å². The second kappa shape index (κ2) is 7.43. The Kier molecular flexibility index (Phi) is 5.59. The zero-order valence-electron chi connectivity index (χ0n) is 12.7. The van der Waals surface area contributed by atoms with E-state index in [1.807, 2.05) is 12.1 Å². The lowest BCUT2D eigenvalue weighted by Gasteiger charge is -2.33. The smallest absolute Gasteiger partial charge is 0.319 e. The molecule has 0 spiro atoms. The number of benzene rings is 1. The summed E-state index contributed by atoms with van der Waals surface area (Å²) in [6.45, 7) is 4.29. The molecule has 1 fully saturated rings. The van der Waals surface area contributed by atoms with Gasteiger partial charge in [-0.3, -0.25) is 9.69 Å². The van der Waals surface area contributed by atoms with Crippen LogP contribution in [0, 0.1) is 0 Å². The Labute approximate surface area is 125 Å². The van der Waals surface area contributed by atoms with E-state index in [2.05, 4.69) is 17.1 Å². The molecule has 0 amide bonds. The van der Waals surface area contributed by atoms with E-state index in [9.17, 15) is 9.90 Å². The summed E-state index contributed by atoms with van der Waals surface area (Å²) < 4.78 is 4.69. The van der Waals surface area contributed by atoms with Crippen LogP contribution in [-0.4, -0.2) is 48.8 Å². The number of methoxy groups -OCH3 is 1. The van der Waals surface area contributed by atoms with Gasteiger partial charge in [0, 0.05) is 25.2 Å². The molecule has 0 radical (unpaired) electrons. The average molecular weight is 292 g/mol. The molecule has 5 heteroatoms. The van der Waals surface area contributed by atoms with E-state index < -0.39 is 0 Å². The summed E-state index contributed by atoms with van der Waals surface area (Å²) in [4.78, 5) is 13.4. The lowest BCUT2D eigenvalue weighted by atomic mass is 10.0. The van der Waals surface area contributed by atoms with Gasteiger partial charge in [0.2, 0.25) is 0 Å². The number of aromatic hydroxyl groups is 1. The third kappa shape index (κ3) is 4.72. The number of carbonyl (C=O) groups is 1. The lowest BCUT2D eigenvalue weighted by molar-refractivity contribution is -0.142. The summed E-state index contributed by atoms with van der Waals surface area (Å²) in [5.74, 6) is 0.128. The number of nitrogens with zero attached hydrogens (tertiary/aromatic N) is 1. The molecule has 1 unspecified atom stereocenters. The van der Waals surface area contributed by atoms with Crippen LogP contribution in [-0.2, 0) is 9.53 Å². The number of ether oxygens (including phenoxy) is 1. The second-order valence-corrected chi connectivity index (χ2v) is 5.61. The molecule has 0 aromatic heterocycles. The highest BCUT2D eigenvalue weighted by atomic mass is 16.5. The molecular formula is C16H24N2O3. The maximum atomic E-state index is 11.3. The van der Waals surface area contributed by atoms with Gasteiger partial charge >= 0.3 is 5.97 Å². The van der Waals surface area contributed by atoms with Crippen LogP contribution in [0.25, 0.3) is 0 Å². The van der Waals surface area contributed by atoms with Gasteiger partial charge in [-0.05, 0) is 37.5 Å². The molecule has 2 N–H and O–H groups in total. The molecule has 5 nitrogen and oxygen atoms in total. The van der Waals surface area contributed by atoms with Crippen molar-refractivity contribution in [1.29, 1.82) is 0 Å². The first-order valence-corrected chi connectivity index (χ1v) is 7.42. The molecule has 116 valence electrons. The van der Waals surface area contributed by atoms with Crippen molar-refractivity contribution in [2.75, 3.05) is 26.7 Å². The third-order valence-electron chi connectivity index (χ3n) is 4.02. The van der Waals surface area contributed by atoms with Crippen LogP contribution >= 0.6 is 0 Å². The maximum absolute atomic E-state index is 11.3. The van der Waals surface area contributed by atoms with Crippen molar-refractivity contribution in [1.82, 2.24) is 10.2 Å². The molecule has 1 aliphatic rings. The highest BCUT2D eigenvalue weighted by molar-refractivity contribution is 5.71. The van der Waals surface area contributed by atoms with E-state index in [-0.39, 0.29) is 12.0 Å². The van der Waals surface area contributed by atoms with Crippen molar-refractivity contribution >= 4 is 5.97 Å². The number of rotatable bonds is 5. The quantitative estimate of drug-likeness (QED) is 0.809. The number of piperidine rings is 1. The van der Waals surface area contributed by atoms with Crippen LogP contribution in [0.3, 0.4) is 0 Å². The van der Waals surface area contributed by atoms with E-state index in [0.717, 1.165) is 31.5 Å². The molecule has 1 aromatic carbocycles. The third-order valence-corrected chi connectivity index (χ3v) is 4.02. The van der Waals surface area contributed by atoms with Crippen LogP contribution in [0.2, 0.25) is 0 Å². The van der Waals surface area contributed by atoms with Crippen molar-refractivity contribution in [3.63, 3.8) is 0 Å². The SMILES string of the molecule is COC(=O)CN1CCC(NC(C)c2cccc(O)c2)CC1. The van der Waals surface area contributed by atoms with Crippen LogP contribution in [0.1, 0.15) is 31.4 Å². The zero-order chi connectivity index (χ0) is 15.2. The minimum Gasteiger partial charge on any atom is -0.508 e. The van der Waals surface area contributed by atoms with Crippen molar-refractivity contribution < 1.29 is 14.6 Å². The van der Waals surface area contributed by atoms with Gasteiger partial charge in [-0.2, -0.15) is 0 Å². The Bertz CT molecular complexity index is 470. The normalized spacial score (nSPS) is 18.4.